The summed E-state index contributed by atoms with van der Waals surface area (Å²) in [4.78, 5) is 12.4. The molecule has 0 bridgehead atoms. The third-order valence-electron chi connectivity index (χ3n) is 16.6. The van der Waals surface area contributed by atoms with Crippen LogP contribution in [0.25, 0.3) is 6.08 Å². The summed E-state index contributed by atoms with van der Waals surface area (Å²) in [5.41, 5.74) is 4.34. The van der Waals surface area contributed by atoms with Crippen molar-refractivity contribution >= 4 is 51.5 Å². The van der Waals surface area contributed by atoms with E-state index in [0.717, 1.165) is 54.9 Å². The first-order valence-electron chi connectivity index (χ1n) is 28.5. The minimum atomic E-state index is -2.68. The molecular weight excluding hydrogens is 1100 g/mol. The van der Waals surface area contributed by atoms with Gasteiger partial charge in [0.25, 0.3) is 8.32 Å². The van der Waals surface area contributed by atoms with Crippen LogP contribution in [0.5, 0.6) is 11.5 Å². The van der Waals surface area contributed by atoms with Crippen molar-refractivity contribution in [1.82, 2.24) is 4.98 Å². The Kier molecular flexibility index (Phi) is 20.8. The van der Waals surface area contributed by atoms with E-state index in [9.17, 15) is 0 Å². The van der Waals surface area contributed by atoms with E-state index in [1.165, 1.54) is 21.5 Å². The zero-order valence-corrected chi connectivity index (χ0v) is 54.6. The van der Waals surface area contributed by atoms with Crippen molar-refractivity contribution in [2.45, 2.75) is 201 Å². The van der Waals surface area contributed by atoms with Crippen LogP contribution in [-0.4, -0.2) is 104 Å². The van der Waals surface area contributed by atoms with Gasteiger partial charge in [-0.25, -0.2) is 0 Å². The average molecular weight is 1200 g/mol. The van der Waals surface area contributed by atoms with E-state index in [2.05, 4.69) is 168 Å². The number of hydrogen-bond acceptors (Lipinski definition) is 10. The molecule has 0 saturated carbocycles. The molecule has 4 heterocycles. The number of rotatable bonds is 21. The molecule has 0 spiro atoms. The standard InChI is InChI=1S/C61H86NO9Si2.3CH3.Sn/c1-41(2)58-44(5)59(66-39-45-33-47(63-12)35-48(34-45)64-13)43(4)55(70-58)27-22-28-57-62-54(40-65-57)56-38-51(71-72(14,15)60(6,7)8)37-50(69-56)36-49-32-42(3)31-46(68-49)29-30-67-73(61(9,10)11,52-23-18-16-19-24-52)53-25-20-17-21-26-53;;;;/h1,16-26,28,33-35,40,43-44,46,49-51,55-56,58-59H,3,27,29-32,36-39H2,2,4-15H3;3*1H3;/b28-22+,41-1?;;;;/t43-,44-,46-,49+,50+,51+,55+,56+,58-,59-;;;;/m0..../s1. The summed E-state index contributed by atoms with van der Waals surface area (Å²) in [6, 6.07) is 27.7. The van der Waals surface area contributed by atoms with Gasteiger partial charge in [0, 0.05) is 19.4 Å². The number of oxazole rings is 1. The maximum Gasteiger partial charge on any atom is 0.261 e. The molecule has 3 saturated heterocycles. The molecule has 0 unspecified atom stereocenters. The van der Waals surface area contributed by atoms with Crippen molar-refractivity contribution in [3.63, 3.8) is 0 Å². The third-order valence-corrected chi connectivity index (χ3v) is 30.0. The van der Waals surface area contributed by atoms with Gasteiger partial charge in [0.05, 0.1) is 24.4 Å². The second-order valence-electron chi connectivity index (χ2n) is 26.1. The molecule has 10 atom stereocenters. The maximum absolute atomic E-state index is 7.33. The number of ether oxygens (including phenoxy) is 6. The summed E-state index contributed by atoms with van der Waals surface area (Å²) in [6.07, 6.45) is 10.7. The van der Waals surface area contributed by atoms with Crippen LogP contribution in [-0.2, 0) is 34.4 Å². The molecular formula is C64H95NO9Si2Sn. The summed E-state index contributed by atoms with van der Waals surface area (Å²) in [5, 5.41) is 2.54. The molecule has 7 rings (SSSR count). The predicted molar refractivity (Wildman–Crippen MR) is 321 cm³/mol. The van der Waals surface area contributed by atoms with Crippen LogP contribution >= 0.6 is 0 Å². The van der Waals surface area contributed by atoms with Gasteiger partial charge in [0.2, 0.25) is 0 Å². The number of methoxy groups -OCH3 is 2. The van der Waals surface area contributed by atoms with E-state index in [0.29, 0.717) is 31.9 Å². The number of nitrogens with zero attached hydrogens (tertiary/aromatic N) is 1. The topological polar surface area (TPSA) is 99.9 Å². The second-order valence-corrected chi connectivity index (χ2v) is 49.5. The number of aromatic nitrogens is 1. The van der Waals surface area contributed by atoms with Crippen LogP contribution in [0.3, 0.4) is 0 Å². The first-order valence-corrected chi connectivity index (χ1v) is 43.5. The Morgan fingerprint density at radius 3 is 2.00 bits per heavy atom. The zero-order chi connectivity index (χ0) is 55.9. The van der Waals surface area contributed by atoms with Gasteiger partial charge in [-0.3, -0.25) is 0 Å². The molecule has 0 radical (unpaired) electrons. The van der Waals surface area contributed by atoms with Gasteiger partial charge in [-0.05, 0) is 59.2 Å². The molecule has 77 heavy (non-hydrogen) atoms. The van der Waals surface area contributed by atoms with E-state index < -0.39 is 35.0 Å². The zero-order valence-electron chi connectivity index (χ0n) is 49.8. The van der Waals surface area contributed by atoms with Crippen LogP contribution in [0.15, 0.2) is 117 Å². The van der Waals surface area contributed by atoms with Crippen molar-refractivity contribution in [2.75, 3.05) is 20.8 Å². The van der Waals surface area contributed by atoms with E-state index in [1.54, 1.807) is 20.5 Å². The Labute approximate surface area is 470 Å². The van der Waals surface area contributed by atoms with Crippen LogP contribution < -0.4 is 19.8 Å². The van der Waals surface area contributed by atoms with Crippen LogP contribution in [0, 0.1) is 11.8 Å². The third kappa shape index (κ3) is 15.8. The molecule has 1 aromatic heterocycles. The predicted octanol–water partition coefficient (Wildman–Crippen LogP) is 14.6. The molecule has 0 aliphatic carbocycles. The Balaban J connectivity index is 1.04. The van der Waals surface area contributed by atoms with E-state index in [1.807, 2.05) is 24.3 Å². The van der Waals surface area contributed by atoms with Gasteiger partial charge >= 0.3 is 221 Å². The van der Waals surface area contributed by atoms with Gasteiger partial charge < -0.3 is 18.3 Å². The largest absolute Gasteiger partial charge is 0.407 e. The Hall–Kier alpha value is -3.32. The fourth-order valence-electron chi connectivity index (χ4n) is 11.9. The summed E-state index contributed by atoms with van der Waals surface area (Å²) >= 11 is -2.31. The molecule has 0 amide bonds. The molecule has 10 nitrogen and oxygen atoms in total. The molecule has 0 N–H and O–H groups in total. The minimum Gasteiger partial charge on any atom is -0.407 e. The summed E-state index contributed by atoms with van der Waals surface area (Å²) in [7, 11) is -1.44. The molecule has 4 aromatic rings. The normalized spacial score (nSPS) is 26.3. The van der Waals surface area contributed by atoms with Gasteiger partial charge in [-0.1, -0.05) is 114 Å². The van der Waals surface area contributed by atoms with Crippen molar-refractivity contribution in [3.05, 3.63) is 130 Å². The fraction of sp³-hybridized carbons (Fsp3) is 0.578. The van der Waals surface area contributed by atoms with Gasteiger partial charge in [0.15, 0.2) is 8.32 Å². The SMILES string of the molecule is C=C1C[C@H](C[C@@H]2C[C@@H](O[Si](C)(C)C(C)(C)C)C[C@H](c3coc(/C=C/C[C@H]4O[C@@H](/C(C)=[CH]/[Sn]([CH3])([CH3])[CH3])[C@H](C)[C@@H](OCc5cc(OC)cc(OC)c5)[C@H]4C)n3)O2)O[C@@H](CCO[Si](c2ccccc2)(c2ccccc2)C(C)(C)C)C1. The molecule has 422 valence electrons. The molecule has 13 heteroatoms. The average Bonchev–Trinajstić information content (AvgIpc) is 3.86. The first-order chi connectivity index (χ1) is 36.3. The van der Waals surface area contributed by atoms with Crippen molar-refractivity contribution < 1.29 is 41.7 Å². The maximum atomic E-state index is 7.33. The Morgan fingerprint density at radius 1 is 0.792 bits per heavy atom. The number of benzene rings is 3. The van der Waals surface area contributed by atoms with Crippen molar-refractivity contribution in [3.8, 4) is 11.5 Å². The Bertz CT molecular complexity index is 2520. The van der Waals surface area contributed by atoms with Crippen LogP contribution in [0.2, 0.25) is 38.0 Å². The number of hydrogen-bond donors (Lipinski definition) is 0. The molecule has 3 fully saturated rings. The van der Waals surface area contributed by atoms with Crippen LogP contribution in [0.1, 0.15) is 131 Å². The quantitative estimate of drug-likeness (QED) is 0.0592. The second kappa shape index (κ2) is 26.1. The molecule has 3 aromatic carbocycles. The Morgan fingerprint density at radius 2 is 1.42 bits per heavy atom. The van der Waals surface area contributed by atoms with E-state index in [4.69, 9.17) is 46.7 Å². The first kappa shape index (κ1) is 61.3. The van der Waals surface area contributed by atoms with Gasteiger partial charge in [0.1, 0.15) is 0 Å². The smallest absolute Gasteiger partial charge is 0.261 e. The van der Waals surface area contributed by atoms with Crippen LogP contribution in [0.4, 0.5) is 0 Å². The fourth-order valence-corrected chi connectivity index (χ4v) is 22.3. The van der Waals surface area contributed by atoms with Crippen molar-refractivity contribution in [2.24, 2.45) is 11.8 Å². The summed E-state index contributed by atoms with van der Waals surface area (Å²) in [5.74, 6) is 2.33. The monoisotopic (exact) mass is 1200 g/mol. The van der Waals surface area contributed by atoms with Gasteiger partial charge in [-0.15, -0.1) is 0 Å². The van der Waals surface area contributed by atoms with Gasteiger partial charge in [-0.2, -0.15) is 0 Å². The summed E-state index contributed by atoms with van der Waals surface area (Å²) < 4.78 is 62.4. The molecule has 3 aliphatic heterocycles. The van der Waals surface area contributed by atoms with E-state index >= 15 is 0 Å². The summed E-state index contributed by atoms with van der Waals surface area (Å²) in [6.45, 7) is 31.0. The van der Waals surface area contributed by atoms with Crippen molar-refractivity contribution in [1.29, 1.82) is 0 Å². The van der Waals surface area contributed by atoms with E-state index in [-0.39, 0.29) is 70.7 Å². The molecule has 3 aliphatic rings. The minimum absolute atomic E-state index is 0.00716.